The maximum Gasteiger partial charge on any atom is 0.273 e. The number of ether oxygens (including phenoxy) is 10. The number of carbonyl (C=O) groups excluding carboxylic acids is 6. The third-order valence-corrected chi connectivity index (χ3v) is 10.8. The van der Waals surface area contributed by atoms with Crippen molar-refractivity contribution >= 4 is 53.0 Å². The summed E-state index contributed by atoms with van der Waals surface area (Å²) in [4.78, 5) is 91.1. The van der Waals surface area contributed by atoms with Gasteiger partial charge in [0.15, 0.2) is 0 Å². The molecule has 414 valence electrons. The van der Waals surface area contributed by atoms with Crippen LogP contribution >= 0.6 is 0 Å². The molecule has 0 saturated carbocycles. The van der Waals surface area contributed by atoms with Gasteiger partial charge in [-0.15, -0.1) is 0 Å². The number of nitrogens with two attached hydrogens (primary N) is 1. The van der Waals surface area contributed by atoms with Crippen LogP contribution in [0.4, 0.5) is 5.69 Å². The predicted octanol–water partition coefficient (Wildman–Crippen LogP) is -0.167. The second kappa shape index (κ2) is 37.4. The molecule has 1 aromatic rings. The first-order valence-corrected chi connectivity index (χ1v) is 25.2. The summed E-state index contributed by atoms with van der Waals surface area (Å²) in [6.45, 7) is 13.6. The number of likely N-dealkylation sites (tertiary alicyclic amines) is 1. The van der Waals surface area contributed by atoms with E-state index in [2.05, 4.69) is 20.6 Å². The van der Waals surface area contributed by atoms with Crippen molar-refractivity contribution in [3.63, 3.8) is 0 Å². The lowest BCUT2D eigenvalue weighted by atomic mass is 10.1. The van der Waals surface area contributed by atoms with Crippen LogP contribution in [0.5, 0.6) is 0 Å². The molecule has 0 bridgehead atoms. The minimum atomic E-state index is -0.501. The number of amides is 6. The number of pyridine rings is 1. The van der Waals surface area contributed by atoms with E-state index >= 15 is 0 Å². The molecule has 0 radical (unpaired) electrons. The largest absolute Gasteiger partial charge is 0.387 e. The molecular weight excluding hydrogens is 973 g/mol. The molecule has 3 aliphatic heterocycles. The van der Waals surface area contributed by atoms with Gasteiger partial charge in [0, 0.05) is 63.1 Å². The summed E-state index contributed by atoms with van der Waals surface area (Å²) in [6.07, 6.45) is 6.72. The fraction of sp³-hybridized carbons (Fsp3) is 0.673. The van der Waals surface area contributed by atoms with E-state index in [4.69, 9.17) is 57.9 Å². The molecule has 74 heavy (non-hydrogen) atoms. The number of imide groups is 1. The first-order chi connectivity index (χ1) is 36.1. The Balaban J connectivity index is 0.846. The fourth-order valence-corrected chi connectivity index (χ4v) is 7.13. The normalized spacial score (nSPS) is 15.3. The Bertz CT molecular complexity index is 1950. The molecule has 0 unspecified atom stereocenters. The van der Waals surface area contributed by atoms with Gasteiger partial charge < -0.3 is 68.6 Å². The first-order valence-electron chi connectivity index (χ1n) is 25.2. The van der Waals surface area contributed by atoms with Crippen LogP contribution in [0.15, 0.2) is 35.0 Å². The number of carbonyl (C=O) groups is 6. The summed E-state index contributed by atoms with van der Waals surface area (Å²) in [5.74, 6) is -2.28. The number of hydroxylamine groups is 2. The lowest BCUT2D eigenvalue weighted by Crippen LogP contribution is -2.41. The molecule has 1 aromatic heterocycles. The van der Waals surface area contributed by atoms with Gasteiger partial charge in [0.05, 0.1) is 162 Å². The zero-order valence-corrected chi connectivity index (χ0v) is 42.9. The maximum atomic E-state index is 13.4. The summed E-state index contributed by atoms with van der Waals surface area (Å²) in [7, 11) is 0. The molecule has 0 spiro atoms. The predicted molar refractivity (Wildman–Crippen MR) is 266 cm³/mol. The second-order valence-electron chi connectivity index (χ2n) is 16.5. The van der Waals surface area contributed by atoms with Crippen molar-refractivity contribution in [2.75, 3.05) is 178 Å². The molecule has 25 nitrogen and oxygen atoms in total. The molecule has 0 aliphatic carbocycles. The van der Waals surface area contributed by atoms with Gasteiger partial charge >= 0.3 is 0 Å². The summed E-state index contributed by atoms with van der Waals surface area (Å²) in [5.41, 5.74) is 7.70. The van der Waals surface area contributed by atoms with Gasteiger partial charge in [0.1, 0.15) is 12.4 Å². The Morgan fingerprint density at radius 2 is 1.16 bits per heavy atom. The lowest BCUT2D eigenvalue weighted by molar-refractivity contribution is -0.180. The van der Waals surface area contributed by atoms with Gasteiger partial charge in [0.25, 0.3) is 23.6 Å². The molecule has 1 fully saturated rings. The third kappa shape index (κ3) is 24.4. The highest BCUT2D eigenvalue weighted by Gasteiger charge is 2.32. The van der Waals surface area contributed by atoms with E-state index in [0.717, 1.165) is 23.5 Å². The van der Waals surface area contributed by atoms with E-state index in [9.17, 15) is 28.8 Å². The molecule has 25 heteroatoms. The Morgan fingerprint density at radius 3 is 1.64 bits per heavy atom. The van der Waals surface area contributed by atoms with Crippen LogP contribution in [0.1, 0.15) is 49.2 Å². The highest BCUT2D eigenvalue weighted by Crippen LogP contribution is 2.28. The number of hydrogen-bond donors (Lipinski definition) is 3. The van der Waals surface area contributed by atoms with Crippen molar-refractivity contribution < 1.29 is 81.0 Å². The summed E-state index contributed by atoms with van der Waals surface area (Å²) < 4.78 is 54.9. The maximum absolute atomic E-state index is 13.4. The topological polar surface area (TPSA) is 289 Å². The Hall–Kier alpha value is -5.32. The van der Waals surface area contributed by atoms with Crippen LogP contribution < -0.4 is 16.4 Å². The number of aromatic nitrogens is 1. The molecule has 4 rings (SSSR count). The Labute approximate surface area is 432 Å². The number of nitrogens with one attached hydrogen (secondary N) is 2. The molecule has 4 heterocycles. The van der Waals surface area contributed by atoms with Crippen LogP contribution in [0.2, 0.25) is 0 Å². The highest BCUT2D eigenvalue weighted by atomic mass is 16.7. The molecule has 1 saturated heterocycles. The van der Waals surface area contributed by atoms with Crippen LogP contribution in [-0.2, 0) is 76.2 Å². The summed E-state index contributed by atoms with van der Waals surface area (Å²) in [5, 5.41) is 6.80. The zero-order valence-electron chi connectivity index (χ0n) is 42.9. The van der Waals surface area contributed by atoms with Crippen LogP contribution in [0.25, 0.3) is 6.08 Å². The van der Waals surface area contributed by atoms with Gasteiger partial charge in [0.2, 0.25) is 11.8 Å². The van der Waals surface area contributed by atoms with Crippen molar-refractivity contribution in [1.29, 1.82) is 0 Å². The van der Waals surface area contributed by atoms with Crippen LogP contribution in [0, 0.1) is 5.92 Å². The van der Waals surface area contributed by atoms with Gasteiger partial charge in [-0.2, -0.15) is 0 Å². The Morgan fingerprint density at radius 1 is 0.689 bits per heavy atom. The Kier molecular flexibility index (Phi) is 31.0. The number of aliphatic imine (C=N–C) groups is 1. The number of rotatable bonds is 42. The molecular formula is C49H76N8O17. The van der Waals surface area contributed by atoms with E-state index in [1.54, 1.807) is 17.0 Å². The van der Waals surface area contributed by atoms with E-state index in [1.165, 1.54) is 11.3 Å². The van der Waals surface area contributed by atoms with Crippen LogP contribution in [0.3, 0.4) is 0 Å². The van der Waals surface area contributed by atoms with Crippen molar-refractivity contribution in [3.8, 4) is 0 Å². The van der Waals surface area contributed by atoms with E-state index in [0.29, 0.717) is 181 Å². The molecule has 1 atom stereocenters. The lowest BCUT2D eigenvalue weighted by Gasteiger charge is -2.21. The minimum absolute atomic E-state index is 0.119. The van der Waals surface area contributed by atoms with Crippen LogP contribution in [-0.4, -0.2) is 239 Å². The number of nitrogens with zero attached hydrogens (tertiary/aromatic N) is 5. The zero-order chi connectivity index (χ0) is 53.0. The average Bonchev–Trinajstić information content (AvgIpc) is 3.97. The second-order valence-corrected chi connectivity index (χ2v) is 16.5. The minimum Gasteiger partial charge on any atom is -0.387 e. The smallest absolute Gasteiger partial charge is 0.273 e. The van der Waals surface area contributed by atoms with Crippen molar-refractivity contribution in [2.45, 2.75) is 33.1 Å². The van der Waals surface area contributed by atoms with Crippen molar-refractivity contribution in [2.24, 2.45) is 16.6 Å². The van der Waals surface area contributed by atoms with Crippen molar-refractivity contribution in [1.82, 2.24) is 30.5 Å². The van der Waals surface area contributed by atoms with Crippen molar-refractivity contribution in [3.05, 3.63) is 41.2 Å². The molecule has 6 amide bonds. The van der Waals surface area contributed by atoms with Gasteiger partial charge in [-0.3, -0.25) is 43.5 Å². The third-order valence-electron chi connectivity index (χ3n) is 10.8. The molecule has 4 N–H and O–H groups in total. The molecule has 3 aliphatic rings. The fourth-order valence-electron chi connectivity index (χ4n) is 7.13. The van der Waals surface area contributed by atoms with Gasteiger partial charge in [-0.05, 0) is 31.9 Å². The van der Waals surface area contributed by atoms with E-state index in [-0.39, 0.29) is 62.1 Å². The molecule has 0 aromatic carbocycles. The summed E-state index contributed by atoms with van der Waals surface area (Å²) in [6, 6.07) is 1.61. The SMILES string of the molecule is CCCN(OCC)C(=O)C1=Cc2ncc(C(=O)N3CC[C@H](C(=O)NCCOCCOCCOCCOCCOCCOCCOCCOCCOCCOCCNC(=O)CN4C(=O)C=CC4=O)C3)cc2N=C(N)C1. The quantitative estimate of drug-likeness (QED) is 0.0435. The monoisotopic (exact) mass is 1050 g/mol. The number of fused-ring (bicyclic) bond motifs is 1. The number of hydrogen-bond acceptors (Lipinski definition) is 20. The average molecular weight is 1050 g/mol. The summed E-state index contributed by atoms with van der Waals surface area (Å²) >= 11 is 0. The number of amidine groups is 1. The van der Waals surface area contributed by atoms with E-state index in [1.807, 2.05) is 13.8 Å². The van der Waals surface area contributed by atoms with Gasteiger partial charge in [-0.25, -0.2) is 10.1 Å². The standard InChI is InChI=1S/C49H76N8O17/c1-3-10-57(74-4-2)49(63)39-32-41-42(54-43(50)34-39)33-40(35-53-41)48(62)55-11-7-38(36-55)47(61)52-9-13-65-15-17-67-19-21-69-23-25-71-27-29-73-31-30-72-28-26-70-24-22-68-20-18-66-16-14-64-12-8-51-44(58)37-56-45(59)5-6-46(56)60/h5-6,32-33,35,38H,3-4,7-31,34,36-37H2,1-2H3,(H2,50,54)(H,51,58)(H,52,61)/t38-/m0/s1. The highest BCUT2D eigenvalue weighted by molar-refractivity contribution is 6.14. The van der Waals surface area contributed by atoms with Gasteiger partial charge in [-0.1, -0.05) is 6.92 Å². The first kappa shape index (κ1) is 61.2. The van der Waals surface area contributed by atoms with E-state index < -0.39 is 17.7 Å².